The molecule has 1 aromatic carbocycles. The first-order valence-corrected chi connectivity index (χ1v) is 9.22. The molecule has 0 spiro atoms. The summed E-state index contributed by atoms with van der Waals surface area (Å²) in [4.78, 5) is 35.2. The number of rotatable bonds is 4. The van der Waals surface area contributed by atoms with Gasteiger partial charge in [-0.1, -0.05) is 0 Å². The van der Waals surface area contributed by atoms with Gasteiger partial charge in [0.2, 0.25) is 0 Å². The Balaban J connectivity index is 1.63. The summed E-state index contributed by atoms with van der Waals surface area (Å²) in [5.74, 6) is 1.00. The van der Waals surface area contributed by atoms with E-state index in [-0.39, 0.29) is 11.8 Å². The second-order valence-electron chi connectivity index (χ2n) is 8.12. The van der Waals surface area contributed by atoms with Crippen molar-refractivity contribution in [2.75, 3.05) is 31.6 Å². The van der Waals surface area contributed by atoms with E-state index in [4.69, 9.17) is 4.74 Å². The quantitative estimate of drug-likeness (QED) is 0.586. The lowest BCUT2D eigenvalue weighted by Crippen LogP contribution is -2.36. The number of carbonyl (C=O) groups excluding carboxylic acids is 1. The first-order chi connectivity index (χ1) is 13.1. The zero-order valence-electron chi connectivity index (χ0n) is 16.6. The third-order valence-electron chi connectivity index (χ3n) is 4.58. The van der Waals surface area contributed by atoms with Gasteiger partial charge < -0.3 is 14.5 Å². The largest absolute Gasteiger partial charge is 0.444 e. The third kappa shape index (κ3) is 4.65. The number of ether oxygens (including phenoxy) is 1. The highest BCUT2D eigenvalue weighted by molar-refractivity contribution is 5.78. The van der Waals surface area contributed by atoms with Gasteiger partial charge >= 0.3 is 6.09 Å². The fourth-order valence-corrected chi connectivity index (χ4v) is 3.24. The number of anilines is 1. The minimum absolute atomic E-state index is 0.00362. The molecule has 0 bridgehead atoms. The molecule has 1 amide bonds. The summed E-state index contributed by atoms with van der Waals surface area (Å²) < 4.78 is 5.44. The Hall–Kier alpha value is -2.97. The summed E-state index contributed by atoms with van der Waals surface area (Å²) in [5.41, 5.74) is 0.595. The van der Waals surface area contributed by atoms with E-state index in [1.165, 1.54) is 12.1 Å². The lowest BCUT2D eigenvalue weighted by Gasteiger charge is -2.25. The van der Waals surface area contributed by atoms with Crippen molar-refractivity contribution < 1.29 is 14.5 Å². The van der Waals surface area contributed by atoms with Crippen molar-refractivity contribution in [2.24, 2.45) is 5.92 Å². The number of nitrogens with zero attached hydrogens (tertiary/aromatic N) is 5. The molecule has 2 aromatic rings. The second kappa shape index (κ2) is 7.57. The average Bonchev–Trinajstić information content (AvgIpc) is 3.08. The van der Waals surface area contributed by atoms with Crippen molar-refractivity contribution in [1.29, 1.82) is 0 Å². The van der Waals surface area contributed by atoms with Crippen molar-refractivity contribution in [1.82, 2.24) is 14.9 Å². The molecule has 0 N–H and O–H groups in total. The molecule has 150 valence electrons. The van der Waals surface area contributed by atoms with Crippen LogP contribution < -0.4 is 4.90 Å². The molecule has 28 heavy (non-hydrogen) atoms. The molecule has 1 unspecified atom stereocenters. The van der Waals surface area contributed by atoms with Gasteiger partial charge in [0.15, 0.2) is 0 Å². The Kier molecular flexibility index (Phi) is 5.35. The monoisotopic (exact) mass is 387 g/mol. The number of nitro benzene ring substituents is 1. The van der Waals surface area contributed by atoms with Crippen molar-refractivity contribution in [3.63, 3.8) is 0 Å². The number of hydrogen-bond acceptors (Lipinski definition) is 7. The number of likely N-dealkylation sites (tertiary alicyclic amines) is 1. The number of fused-ring (bicyclic) bond motifs is 1. The number of benzene rings is 1. The van der Waals surface area contributed by atoms with Crippen LogP contribution in [0.1, 0.15) is 27.2 Å². The fraction of sp³-hybridized carbons (Fsp3) is 0.526. The van der Waals surface area contributed by atoms with Gasteiger partial charge in [-0.05, 0) is 39.2 Å². The van der Waals surface area contributed by atoms with Gasteiger partial charge in [-0.3, -0.25) is 15.1 Å². The van der Waals surface area contributed by atoms with E-state index in [0.29, 0.717) is 35.9 Å². The predicted molar refractivity (Wildman–Crippen MR) is 105 cm³/mol. The molecule has 1 fully saturated rings. The van der Waals surface area contributed by atoms with E-state index in [2.05, 4.69) is 9.97 Å². The normalized spacial score (nSPS) is 17.0. The molecule has 1 aromatic heterocycles. The summed E-state index contributed by atoms with van der Waals surface area (Å²) in [5, 5.41) is 10.9. The van der Waals surface area contributed by atoms with Gasteiger partial charge in [-0.15, -0.1) is 0 Å². The van der Waals surface area contributed by atoms with E-state index >= 15 is 0 Å². The molecule has 9 nitrogen and oxygen atoms in total. The van der Waals surface area contributed by atoms with E-state index in [1.54, 1.807) is 17.2 Å². The smallest absolute Gasteiger partial charge is 0.410 e. The van der Waals surface area contributed by atoms with Gasteiger partial charge in [0.1, 0.15) is 11.4 Å². The Bertz CT molecular complexity index is 896. The van der Waals surface area contributed by atoms with E-state index in [9.17, 15) is 14.9 Å². The topological polar surface area (TPSA) is 102 Å². The maximum absolute atomic E-state index is 12.2. The molecular weight excluding hydrogens is 362 g/mol. The van der Waals surface area contributed by atoms with E-state index in [1.807, 2.05) is 32.7 Å². The first kappa shape index (κ1) is 19.8. The Morgan fingerprint density at radius 2 is 2.14 bits per heavy atom. The average molecular weight is 387 g/mol. The standard InChI is InChI=1S/C19H25N5O4/c1-19(2,3)28-18(25)23-8-7-13(12-23)11-22(4)17-10-20-16-9-14(24(26)27)5-6-15(16)21-17/h5-6,9-10,13H,7-8,11-12H2,1-4H3. The Labute approximate surface area is 163 Å². The zero-order chi connectivity index (χ0) is 20.5. The maximum atomic E-state index is 12.2. The summed E-state index contributed by atoms with van der Waals surface area (Å²) in [6.45, 7) is 7.64. The van der Waals surface area contributed by atoms with Crippen LogP contribution in [0.15, 0.2) is 24.4 Å². The third-order valence-corrected chi connectivity index (χ3v) is 4.58. The SMILES string of the molecule is CN(CC1CCN(C(=O)OC(C)(C)C)C1)c1cnc2cc([N+](=O)[O-])ccc2n1. The zero-order valence-corrected chi connectivity index (χ0v) is 16.6. The molecule has 0 saturated carbocycles. The van der Waals surface area contributed by atoms with Crippen LogP contribution in [0.5, 0.6) is 0 Å². The molecule has 1 aliphatic rings. The summed E-state index contributed by atoms with van der Waals surface area (Å²) in [6, 6.07) is 4.45. The van der Waals surface area contributed by atoms with Crippen molar-refractivity contribution in [3.05, 3.63) is 34.5 Å². The van der Waals surface area contributed by atoms with Gasteiger partial charge in [-0.2, -0.15) is 0 Å². The van der Waals surface area contributed by atoms with Crippen LogP contribution in [0, 0.1) is 16.0 Å². The lowest BCUT2D eigenvalue weighted by molar-refractivity contribution is -0.384. The molecule has 0 aliphatic carbocycles. The number of carbonyl (C=O) groups is 1. The van der Waals surface area contributed by atoms with Crippen LogP contribution in [0.3, 0.4) is 0 Å². The number of amides is 1. The molecule has 2 heterocycles. The van der Waals surface area contributed by atoms with Crippen molar-refractivity contribution in [2.45, 2.75) is 32.8 Å². The fourth-order valence-electron chi connectivity index (χ4n) is 3.24. The Morgan fingerprint density at radius 1 is 1.39 bits per heavy atom. The van der Waals surface area contributed by atoms with Crippen LogP contribution in [0.25, 0.3) is 11.0 Å². The Morgan fingerprint density at radius 3 is 2.82 bits per heavy atom. The number of nitro groups is 1. The van der Waals surface area contributed by atoms with Gasteiger partial charge in [0.05, 0.1) is 22.2 Å². The molecule has 3 rings (SSSR count). The van der Waals surface area contributed by atoms with Crippen LogP contribution in [0.4, 0.5) is 16.3 Å². The summed E-state index contributed by atoms with van der Waals surface area (Å²) in [6.07, 6.45) is 2.24. The van der Waals surface area contributed by atoms with Gasteiger partial charge in [-0.25, -0.2) is 9.78 Å². The van der Waals surface area contributed by atoms with Crippen molar-refractivity contribution >= 4 is 28.6 Å². The minimum atomic E-state index is -0.498. The highest BCUT2D eigenvalue weighted by Crippen LogP contribution is 2.23. The number of non-ortho nitro benzene ring substituents is 1. The summed E-state index contributed by atoms with van der Waals surface area (Å²) >= 11 is 0. The van der Waals surface area contributed by atoms with Gasteiger partial charge in [0, 0.05) is 38.8 Å². The highest BCUT2D eigenvalue weighted by atomic mass is 16.6. The number of aromatic nitrogens is 2. The molecular formula is C19H25N5O4. The first-order valence-electron chi connectivity index (χ1n) is 9.22. The number of hydrogen-bond donors (Lipinski definition) is 0. The molecule has 1 saturated heterocycles. The molecule has 0 radical (unpaired) electrons. The van der Waals surface area contributed by atoms with Gasteiger partial charge in [0.25, 0.3) is 5.69 Å². The van der Waals surface area contributed by atoms with Crippen LogP contribution in [0.2, 0.25) is 0 Å². The lowest BCUT2D eigenvalue weighted by atomic mass is 10.1. The second-order valence-corrected chi connectivity index (χ2v) is 8.12. The van der Waals surface area contributed by atoms with Crippen LogP contribution in [-0.4, -0.2) is 58.2 Å². The van der Waals surface area contributed by atoms with Crippen LogP contribution in [-0.2, 0) is 4.74 Å². The molecule has 1 atom stereocenters. The minimum Gasteiger partial charge on any atom is -0.444 e. The predicted octanol–water partition coefficient (Wildman–Crippen LogP) is 3.23. The maximum Gasteiger partial charge on any atom is 0.410 e. The highest BCUT2D eigenvalue weighted by Gasteiger charge is 2.30. The van der Waals surface area contributed by atoms with E-state index in [0.717, 1.165) is 13.0 Å². The van der Waals surface area contributed by atoms with Crippen LogP contribution >= 0.6 is 0 Å². The van der Waals surface area contributed by atoms with Crippen molar-refractivity contribution in [3.8, 4) is 0 Å². The van der Waals surface area contributed by atoms with E-state index < -0.39 is 10.5 Å². The molecule has 9 heteroatoms. The summed E-state index contributed by atoms with van der Waals surface area (Å²) in [7, 11) is 1.93. The molecule has 1 aliphatic heterocycles.